The van der Waals surface area contributed by atoms with E-state index in [4.69, 9.17) is 4.74 Å². The van der Waals surface area contributed by atoms with Crippen molar-refractivity contribution in [3.8, 4) is 5.75 Å². The highest BCUT2D eigenvalue weighted by Crippen LogP contribution is 2.25. The Morgan fingerprint density at radius 2 is 1.67 bits per heavy atom. The highest BCUT2D eigenvalue weighted by molar-refractivity contribution is 5.95. The van der Waals surface area contributed by atoms with Crippen molar-refractivity contribution in [3.63, 3.8) is 0 Å². The van der Waals surface area contributed by atoms with E-state index in [1.165, 1.54) is 0 Å². The predicted octanol–water partition coefficient (Wildman–Crippen LogP) is 4.34. The standard InChI is InChI=1S/C20H21NO3/c1-13-6-5-9-17-16(13)12-18(20(22)23)21(17)10-11-24-19-14(2)7-4-8-15(19)3/h4-9,12H,10-11H2,1-3H3,(H,22,23). The molecule has 0 spiro atoms. The molecule has 0 saturated heterocycles. The van der Waals surface area contributed by atoms with Crippen LogP contribution in [0.25, 0.3) is 10.9 Å². The number of carbonyl (C=O) groups is 1. The molecule has 0 unspecified atom stereocenters. The summed E-state index contributed by atoms with van der Waals surface area (Å²) in [5, 5.41) is 10.5. The summed E-state index contributed by atoms with van der Waals surface area (Å²) in [4.78, 5) is 11.6. The van der Waals surface area contributed by atoms with Crippen molar-refractivity contribution in [2.45, 2.75) is 27.3 Å². The third-order valence-electron chi connectivity index (χ3n) is 4.35. The summed E-state index contributed by atoms with van der Waals surface area (Å²) >= 11 is 0. The average Bonchev–Trinajstić information content (AvgIpc) is 2.91. The first-order valence-corrected chi connectivity index (χ1v) is 8.00. The fourth-order valence-corrected chi connectivity index (χ4v) is 3.12. The number of hydrogen-bond donors (Lipinski definition) is 1. The van der Waals surface area contributed by atoms with Crippen molar-refractivity contribution < 1.29 is 14.6 Å². The molecule has 2 aromatic carbocycles. The number of fused-ring (bicyclic) bond motifs is 1. The van der Waals surface area contributed by atoms with Crippen LogP contribution in [0.5, 0.6) is 5.75 Å². The highest BCUT2D eigenvalue weighted by Gasteiger charge is 2.15. The zero-order valence-electron chi connectivity index (χ0n) is 14.2. The number of benzene rings is 2. The van der Waals surface area contributed by atoms with E-state index in [0.717, 1.165) is 33.3 Å². The van der Waals surface area contributed by atoms with Gasteiger partial charge in [0, 0.05) is 10.9 Å². The van der Waals surface area contributed by atoms with Gasteiger partial charge >= 0.3 is 5.97 Å². The summed E-state index contributed by atoms with van der Waals surface area (Å²) in [7, 11) is 0. The van der Waals surface area contributed by atoms with Gasteiger partial charge in [0.25, 0.3) is 0 Å². The molecule has 24 heavy (non-hydrogen) atoms. The molecule has 4 heteroatoms. The van der Waals surface area contributed by atoms with E-state index >= 15 is 0 Å². The second-order valence-electron chi connectivity index (χ2n) is 6.06. The first-order chi connectivity index (χ1) is 11.5. The summed E-state index contributed by atoms with van der Waals surface area (Å²) < 4.78 is 7.76. The maximum absolute atomic E-state index is 11.6. The van der Waals surface area contributed by atoms with E-state index in [1.54, 1.807) is 6.07 Å². The molecule has 0 atom stereocenters. The van der Waals surface area contributed by atoms with Gasteiger partial charge in [-0.05, 0) is 49.6 Å². The van der Waals surface area contributed by atoms with Crippen molar-refractivity contribution in [2.24, 2.45) is 0 Å². The minimum absolute atomic E-state index is 0.296. The fraction of sp³-hybridized carbons (Fsp3) is 0.250. The largest absolute Gasteiger partial charge is 0.491 e. The maximum atomic E-state index is 11.6. The molecule has 0 amide bonds. The number of rotatable bonds is 5. The van der Waals surface area contributed by atoms with Gasteiger partial charge in [-0.25, -0.2) is 4.79 Å². The van der Waals surface area contributed by atoms with Gasteiger partial charge in [-0.3, -0.25) is 0 Å². The van der Waals surface area contributed by atoms with E-state index in [9.17, 15) is 9.90 Å². The Bertz CT molecular complexity index is 888. The van der Waals surface area contributed by atoms with Crippen LogP contribution in [0.1, 0.15) is 27.2 Å². The molecule has 0 radical (unpaired) electrons. The lowest BCUT2D eigenvalue weighted by molar-refractivity contribution is 0.0684. The molecule has 3 rings (SSSR count). The Balaban J connectivity index is 1.89. The van der Waals surface area contributed by atoms with Crippen LogP contribution in [-0.4, -0.2) is 22.2 Å². The quantitative estimate of drug-likeness (QED) is 0.759. The van der Waals surface area contributed by atoms with Gasteiger partial charge in [-0.15, -0.1) is 0 Å². The first kappa shape index (κ1) is 16.1. The van der Waals surface area contributed by atoms with Crippen molar-refractivity contribution in [2.75, 3.05) is 6.61 Å². The van der Waals surface area contributed by atoms with Crippen LogP contribution in [-0.2, 0) is 6.54 Å². The Hall–Kier alpha value is -2.75. The monoisotopic (exact) mass is 323 g/mol. The number of ether oxygens (including phenoxy) is 1. The summed E-state index contributed by atoms with van der Waals surface area (Å²) in [6, 6.07) is 13.7. The molecule has 0 saturated carbocycles. The number of aromatic carboxylic acids is 1. The molecule has 0 fully saturated rings. The minimum atomic E-state index is -0.919. The molecule has 0 aliphatic rings. The third-order valence-corrected chi connectivity index (χ3v) is 4.35. The number of carboxylic acids is 1. The topological polar surface area (TPSA) is 51.5 Å². The summed E-state index contributed by atoms with van der Waals surface area (Å²) in [6.45, 7) is 6.93. The smallest absolute Gasteiger partial charge is 0.352 e. The van der Waals surface area contributed by atoms with Crippen LogP contribution in [0.3, 0.4) is 0 Å². The lowest BCUT2D eigenvalue weighted by Gasteiger charge is -2.14. The molecular weight excluding hydrogens is 302 g/mol. The zero-order chi connectivity index (χ0) is 17.3. The predicted molar refractivity (Wildman–Crippen MR) is 95.0 cm³/mol. The number of nitrogens with zero attached hydrogens (tertiary/aromatic N) is 1. The van der Waals surface area contributed by atoms with Gasteiger partial charge in [-0.2, -0.15) is 0 Å². The molecular formula is C20H21NO3. The normalized spacial score (nSPS) is 11.0. The molecule has 124 valence electrons. The second-order valence-corrected chi connectivity index (χ2v) is 6.06. The third kappa shape index (κ3) is 2.87. The van der Waals surface area contributed by atoms with E-state index in [0.29, 0.717) is 18.8 Å². The van der Waals surface area contributed by atoms with E-state index in [1.807, 2.05) is 61.7 Å². The maximum Gasteiger partial charge on any atom is 0.352 e. The van der Waals surface area contributed by atoms with Crippen LogP contribution < -0.4 is 4.74 Å². The summed E-state index contributed by atoms with van der Waals surface area (Å²) in [5.41, 5.74) is 4.47. The Kier molecular flexibility index (Phi) is 4.30. The van der Waals surface area contributed by atoms with Crippen LogP contribution in [0.2, 0.25) is 0 Å². The van der Waals surface area contributed by atoms with E-state index in [2.05, 4.69) is 0 Å². The van der Waals surface area contributed by atoms with Gasteiger partial charge in [0.1, 0.15) is 18.1 Å². The lowest BCUT2D eigenvalue weighted by atomic mass is 10.1. The molecule has 1 heterocycles. The lowest BCUT2D eigenvalue weighted by Crippen LogP contribution is -2.14. The van der Waals surface area contributed by atoms with Crippen molar-refractivity contribution in [1.29, 1.82) is 0 Å². The molecule has 0 aliphatic heterocycles. The van der Waals surface area contributed by atoms with Gasteiger partial charge in [0.05, 0.1) is 6.54 Å². The Morgan fingerprint density at radius 1 is 1.04 bits per heavy atom. The molecule has 1 aromatic heterocycles. The van der Waals surface area contributed by atoms with Gasteiger partial charge in [0.2, 0.25) is 0 Å². The van der Waals surface area contributed by atoms with E-state index in [-0.39, 0.29) is 0 Å². The number of aromatic nitrogens is 1. The molecule has 0 aliphatic carbocycles. The van der Waals surface area contributed by atoms with Gasteiger partial charge in [0.15, 0.2) is 0 Å². The van der Waals surface area contributed by atoms with Crippen LogP contribution in [0.4, 0.5) is 0 Å². The Labute approximate surface area is 141 Å². The van der Waals surface area contributed by atoms with Gasteiger partial charge in [-0.1, -0.05) is 30.3 Å². The number of aryl methyl sites for hydroxylation is 3. The molecule has 0 bridgehead atoms. The highest BCUT2D eigenvalue weighted by atomic mass is 16.5. The minimum Gasteiger partial charge on any atom is -0.491 e. The zero-order valence-corrected chi connectivity index (χ0v) is 14.2. The second kappa shape index (κ2) is 6.40. The van der Waals surface area contributed by atoms with Crippen LogP contribution in [0, 0.1) is 20.8 Å². The summed E-state index contributed by atoms with van der Waals surface area (Å²) in [6.07, 6.45) is 0. The SMILES string of the molecule is Cc1cccc(C)c1OCCn1c(C(=O)O)cc2c(C)cccc21. The number of carboxylic acid groups (broad SMARTS) is 1. The summed E-state index contributed by atoms with van der Waals surface area (Å²) in [5.74, 6) is -0.0420. The number of para-hydroxylation sites is 1. The first-order valence-electron chi connectivity index (χ1n) is 8.00. The fourth-order valence-electron chi connectivity index (χ4n) is 3.12. The average molecular weight is 323 g/mol. The number of hydrogen-bond acceptors (Lipinski definition) is 2. The van der Waals surface area contributed by atoms with Crippen molar-refractivity contribution >= 4 is 16.9 Å². The van der Waals surface area contributed by atoms with E-state index < -0.39 is 5.97 Å². The van der Waals surface area contributed by atoms with Crippen molar-refractivity contribution in [1.82, 2.24) is 4.57 Å². The molecule has 3 aromatic rings. The van der Waals surface area contributed by atoms with Crippen LogP contribution in [0.15, 0.2) is 42.5 Å². The Morgan fingerprint density at radius 3 is 2.33 bits per heavy atom. The van der Waals surface area contributed by atoms with Crippen LogP contribution >= 0.6 is 0 Å². The van der Waals surface area contributed by atoms with Crippen molar-refractivity contribution in [3.05, 3.63) is 64.8 Å². The van der Waals surface area contributed by atoms with Gasteiger partial charge < -0.3 is 14.4 Å². The molecule has 4 nitrogen and oxygen atoms in total. The molecule has 1 N–H and O–H groups in total.